The lowest BCUT2D eigenvalue weighted by molar-refractivity contribution is -0.0605. The normalized spacial score (nSPS) is 20.6. The molecule has 0 spiro atoms. The van der Waals surface area contributed by atoms with E-state index in [0.29, 0.717) is 36.1 Å². The van der Waals surface area contributed by atoms with Gasteiger partial charge in [-0.15, -0.1) is 10.2 Å². The first-order chi connectivity index (χ1) is 12.8. The Bertz CT molecular complexity index is 860. The number of hydrazine groups is 1. The van der Waals surface area contributed by atoms with E-state index in [4.69, 9.17) is 4.42 Å². The Kier molecular flexibility index (Phi) is 4.37. The van der Waals surface area contributed by atoms with Gasteiger partial charge in [-0.1, -0.05) is 6.07 Å². The minimum atomic E-state index is -2.87. The number of fused-ring (bicyclic) bond motifs is 1. The Morgan fingerprint density at radius 3 is 2.63 bits per heavy atom. The van der Waals surface area contributed by atoms with Gasteiger partial charge in [0.05, 0.1) is 0 Å². The fourth-order valence-electron chi connectivity index (χ4n) is 3.47. The van der Waals surface area contributed by atoms with Crippen LogP contribution in [0, 0.1) is 0 Å². The van der Waals surface area contributed by atoms with Crippen LogP contribution >= 0.6 is 0 Å². The van der Waals surface area contributed by atoms with Crippen LogP contribution in [0.15, 0.2) is 22.6 Å². The van der Waals surface area contributed by atoms with Gasteiger partial charge in [0.25, 0.3) is 11.8 Å². The predicted octanol–water partition coefficient (Wildman–Crippen LogP) is 3.71. The van der Waals surface area contributed by atoms with Crippen molar-refractivity contribution in [3.63, 3.8) is 0 Å². The standard InChI is InChI=1S/C17H16F4N4O2/c18-13(19)16-23-22-15(27-16)9-1-2-10-8-25(24-14(26)12(10)7-9)11-3-5-17(20,21)6-4-11/h1-2,7,11,13H,3-6,8H2,(H,24,26). The molecule has 0 radical (unpaired) electrons. The van der Waals surface area contributed by atoms with Crippen molar-refractivity contribution in [2.75, 3.05) is 0 Å². The lowest BCUT2D eigenvalue weighted by atomic mass is 9.91. The van der Waals surface area contributed by atoms with Gasteiger partial charge in [0.1, 0.15) is 0 Å². The highest BCUT2D eigenvalue weighted by Gasteiger charge is 2.38. The zero-order chi connectivity index (χ0) is 19.2. The largest absolute Gasteiger partial charge is 0.415 e. The van der Waals surface area contributed by atoms with Crippen LogP contribution in [-0.4, -0.2) is 33.1 Å². The molecule has 1 saturated carbocycles. The maximum Gasteiger partial charge on any atom is 0.314 e. The zero-order valence-electron chi connectivity index (χ0n) is 14.1. The molecule has 2 aromatic rings. The summed E-state index contributed by atoms with van der Waals surface area (Å²) in [6.45, 7) is 0.379. The quantitative estimate of drug-likeness (QED) is 0.817. The van der Waals surface area contributed by atoms with Crippen LogP contribution in [0.1, 0.15) is 53.9 Å². The summed E-state index contributed by atoms with van der Waals surface area (Å²) in [5, 5.41) is 8.54. The first-order valence-corrected chi connectivity index (χ1v) is 8.53. The highest BCUT2D eigenvalue weighted by Crippen LogP contribution is 2.36. The van der Waals surface area contributed by atoms with E-state index in [0.717, 1.165) is 0 Å². The molecule has 1 aliphatic carbocycles. The molecule has 27 heavy (non-hydrogen) atoms. The van der Waals surface area contributed by atoms with E-state index in [2.05, 4.69) is 15.6 Å². The summed E-state index contributed by atoms with van der Waals surface area (Å²) in [4.78, 5) is 12.5. The van der Waals surface area contributed by atoms with Crippen LogP contribution < -0.4 is 5.43 Å². The number of benzene rings is 1. The Morgan fingerprint density at radius 2 is 1.96 bits per heavy atom. The summed E-state index contributed by atoms with van der Waals surface area (Å²) in [5.41, 5.74) is 4.17. The van der Waals surface area contributed by atoms with Crippen LogP contribution in [0.4, 0.5) is 17.6 Å². The van der Waals surface area contributed by atoms with Crippen LogP contribution in [0.25, 0.3) is 11.5 Å². The summed E-state index contributed by atoms with van der Waals surface area (Å²) in [6.07, 6.45) is -2.65. The molecule has 4 rings (SSSR count). The number of carbonyl (C=O) groups is 1. The van der Waals surface area contributed by atoms with Crippen molar-refractivity contribution in [1.82, 2.24) is 20.6 Å². The summed E-state index contributed by atoms with van der Waals surface area (Å²) >= 11 is 0. The van der Waals surface area contributed by atoms with Crippen LogP contribution in [-0.2, 0) is 6.54 Å². The average molecular weight is 384 g/mol. The minimum absolute atomic E-state index is 0.0992. The second-order valence-corrected chi connectivity index (χ2v) is 6.77. The maximum atomic E-state index is 13.3. The second kappa shape index (κ2) is 6.59. The molecule has 1 fully saturated rings. The Balaban J connectivity index is 1.53. The first kappa shape index (κ1) is 17.9. The Labute approximate surface area is 151 Å². The number of alkyl halides is 4. The van der Waals surface area contributed by atoms with E-state index in [1.165, 1.54) is 6.07 Å². The van der Waals surface area contributed by atoms with Crippen molar-refractivity contribution in [3.8, 4) is 11.5 Å². The topological polar surface area (TPSA) is 71.3 Å². The highest BCUT2D eigenvalue weighted by molar-refractivity contribution is 5.97. The van der Waals surface area contributed by atoms with Gasteiger partial charge in [0.15, 0.2) is 0 Å². The molecule has 6 nitrogen and oxygen atoms in total. The van der Waals surface area contributed by atoms with E-state index in [1.54, 1.807) is 17.1 Å². The SMILES string of the molecule is O=C1NN(C2CCC(F)(F)CC2)Cc2ccc(-c3nnc(C(F)F)o3)cc21. The first-order valence-electron chi connectivity index (χ1n) is 8.53. The van der Waals surface area contributed by atoms with Crippen molar-refractivity contribution >= 4 is 5.91 Å². The van der Waals surface area contributed by atoms with Crippen molar-refractivity contribution in [1.29, 1.82) is 0 Å². The Morgan fingerprint density at radius 1 is 1.22 bits per heavy atom. The van der Waals surface area contributed by atoms with E-state index in [9.17, 15) is 22.4 Å². The van der Waals surface area contributed by atoms with Gasteiger partial charge >= 0.3 is 6.43 Å². The fraction of sp³-hybridized carbons (Fsp3) is 0.471. The monoisotopic (exact) mass is 384 g/mol. The minimum Gasteiger partial charge on any atom is -0.415 e. The zero-order valence-corrected chi connectivity index (χ0v) is 14.1. The van der Waals surface area contributed by atoms with Gasteiger partial charge in [-0.3, -0.25) is 10.2 Å². The van der Waals surface area contributed by atoms with E-state index < -0.39 is 18.2 Å². The summed E-state index contributed by atoms with van der Waals surface area (Å²) in [5.74, 6) is -3.90. The molecule has 144 valence electrons. The third-order valence-corrected chi connectivity index (χ3v) is 4.94. The number of nitrogens with zero attached hydrogens (tertiary/aromatic N) is 3. The van der Waals surface area contributed by atoms with E-state index >= 15 is 0 Å². The summed E-state index contributed by atoms with van der Waals surface area (Å²) in [7, 11) is 0. The number of halogens is 4. The van der Waals surface area contributed by atoms with Crippen LogP contribution in [0.3, 0.4) is 0 Å². The number of carbonyl (C=O) groups excluding carboxylic acids is 1. The molecule has 2 heterocycles. The lowest BCUT2D eigenvalue weighted by Crippen LogP contribution is -2.53. The molecule has 10 heteroatoms. The number of aromatic nitrogens is 2. The van der Waals surface area contributed by atoms with Crippen molar-refractivity contribution < 1.29 is 26.8 Å². The maximum absolute atomic E-state index is 13.3. The summed E-state index contributed by atoms with van der Waals surface area (Å²) < 4.78 is 56.8. The molecular formula is C17H16F4N4O2. The predicted molar refractivity (Wildman–Crippen MR) is 84.9 cm³/mol. The molecule has 1 aromatic heterocycles. The number of nitrogens with one attached hydrogen (secondary N) is 1. The molecule has 0 atom stereocenters. The van der Waals surface area contributed by atoms with E-state index in [1.807, 2.05) is 0 Å². The van der Waals surface area contributed by atoms with Gasteiger partial charge in [-0.05, 0) is 30.5 Å². The molecule has 0 saturated heterocycles. The number of amides is 1. The van der Waals surface area contributed by atoms with Crippen molar-refractivity contribution in [2.24, 2.45) is 0 Å². The third kappa shape index (κ3) is 3.53. The number of rotatable bonds is 3. The van der Waals surface area contributed by atoms with Gasteiger partial charge in [0, 0.05) is 36.6 Å². The smallest absolute Gasteiger partial charge is 0.314 e. The number of hydrogen-bond acceptors (Lipinski definition) is 5. The molecule has 0 unspecified atom stereocenters. The molecule has 1 aromatic carbocycles. The van der Waals surface area contributed by atoms with E-state index in [-0.39, 0.29) is 30.7 Å². The lowest BCUT2D eigenvalue weighted by Gasteiger charge is -2.39. The highest BCUT2D eigenvalue weighted by atomic mass is 19.3. The molecule has 0 bridgehead atoms. The van der Waals surface area contributed by atoms with Gasteiger partial charge in [0.2, 0.25) is 11.8 Å². The van der Waals surface area contributed by atoms with Crippen molar-refractivity contribution in [2.45, 2.75) is 50.6 Å². The molecule has 1 amide bonds. The van der Waals surface area contributed by atoms with Gasteiger partial charge in [-0.2, -0.15) is 8.78 Å². The van der Waals surface area contributed by atoms with Crippen LogP contribution in [0.5, 0.6) is 0 Å². The molecular weight excluding hydrogens is 368 g/mol. The molecule has 1 N–H and O–H groups in total. The van der Waals surface area contributed by atoms with Crippen molar-refractivity contribution in [3.05, 3.63) is 35.2 Å². The molecule has 1 aliphatic heterocycles. The van der Waals surface area contributed by atoms with Gasteiger partial charge < -0.3 is 4.42 Å². The fourth-order valence-corrected chi connectivity index (χ4v) is 3.47. The number of hydrogen-bond donors (Lipinski definition) is 1. The average Bonchev–Trinajstić information content (AvgIpc) is 3.12. The van der Waals surface area contributed by atoms with Crippen LogP contribution in [0.2, 0.25) is 0 Å². The molecule has 2 aliphatic rings. The third-order valence-electron chi connectivity index (χ3n) is 4.94. The van der Waals surface area contributed by atoms with Gasteiger partial charge in [-0.25, -0.2) is 13.8 Å². The second-order valence-electron chi connectivity index (χ2n) is 6.77. The Hall–Kier alpha value is -2.49. The summed E-state index contributed by atoms with van der Waals surface area (Å²) in [6, 6.07) is 4.64.